The largest absolute Gasteiger partial charge is 0.493 e. The Kier molecular flexibility index (Phi) is 4.49. The van der Waals surface area contributed by atoms with E-state index in [1.54, 1.807) is 25.3 Å². The number of ether oxygens (including phenoxy) is 2. The Hall–Kier alpha value is -1.75. The molecule has 0 saturated heterocycles. The number of carbonyl (C=O) groups is 1. The standard InChI is InChI=1S/C15H21NO4/c1-19-12-6-5-11(9-13(12)20-2)14(18)16-15(10-17)7-3-4-8-15/h5-6,9,17H,3-4,7-8,10H2,1-2H3,(H,16,18). The third-order valence-corrected chi connectivity index (χ3v) is 3.89. The van der Waals surface area contributed by atoms with E-state index in [9.17, 15) is 9.90 Å². The molecule has 20 heavy (non-hydrogen) atoms. The number of amides is 1. The normalized spacial score (nSPS) is 16.8. The van der Waals surface area contributed by atoms with E-state index in [-0.39, 0.29) is 12.5 Å². The molecule has 1 aromatic carbocycles. The quantitative estimate of drug-likeness (QED) is 0.861. The Labute approximate surface area is 118 Å². The Balaban J connectivity index is 2.16. The first-order valence-electron chi connectivity index (χ1n) is 6.79. The van der Waals surface area contributed by atoms with E-state index in [2.05, 4.69) is 5.32 Å². The summed E-state index contributed by atoms with van der Waals surface area (Å²) in [6.07, 6.45) is 3.71. The number of hydrogen-bond acceptors (Lipinski definition) is 4. The molecule has 110 valence electrons. The van der Waals surface area contributed by atoms with Crippen LogP contribution in [0.2, 0.25) is 0 Å². The Morgan fingerprint density at radius 2 is 1.90 bits per heavy atom. The first kappa shape index (κ1) is 14.7. The molecule has 5 heteroatoms. The van der Waals surface area contributed by atoms with E-state index in [0.29, 0.717) is 17.1 Å². The van der Waals surface area contributed by atoms with E-state index in [0.717, 1.165) is 25.7 Å². The van der Waals surface area contributed by atoms with Gasteiger partial charge in [0.15, 0.2) is 11.5 Å². The third kappa shape index (κ3) is 2.88. The molecule has 2 N–H and O–H groups in total. The van der Waals surface area contributed by atoms with Crippen LogP contribution in [0.4, 0.5) is 0 Å². The van der Waals surface area contributed by atoms with Crippen LogP contribution in [-0.4, -0.2) is 37.4 Å². The van der Waals surface area contributed by atoms with Crippen molar-refractivity contribution in [2.24, 2.45) is 0 Å². The van der Waals surface area contributed by atoms with Gasteiger partial charge in [-0.15, -0.1) is 0 Å². The molecule has 0 unspecified atom stereocenters. The van der Waals surface area contributed by atoms with Crippen molar-refractivity contribution in [3.63, 3.8) is 0 Å². The van der Waals surface area contributed by atoms with Crippen molar-refractivity contribution in [2.45, 2.75) is 31.2 Å². The lowest BCUT2D eigenvalue weighted by molar-refractivity contribution is 0.0838. The SMILES string of the molecule is COc1ccc(C(=O)NC2(CO)CCCC2)cc1OC. The van der Waals surface area contributed by atoms with Crippen LogP contribution in [0.3, 0.4) is 0 Å². The van der Waals surface area contributed by atoms with Crippen LogP contribution in [0, 0.1) is 0 Å². The second-order valence-electron chi connectivity index (χ2n) is 5.17. The molecule has 1 aliphatic carbocycles. The summed E-state index contributed by atoms with van der Waals surface area (Å²) in [7, 11) is 3.09. The van der Waals surface area contributed by atoms with Gasteiger partial charge in [-0.1, -0.05) is 12.8 Å². The summed E-state index contributed by atoms with van der Waals surface area (Å²) in [5.41, 5.74) is 0.0342. The highest BCUT2D eigenvalue weighted by molar-refractivity contribution is 5.95. The zero-order chi connectivity index (χ0) is 14.6. The summed E-state index contributed by atoms with van der Waals surface area (Å²) in [5.74, 6) is 0.910. The summed E-state index contributed by atoms with van der Waals surface area (Å²) in [6, 6.07) is 5.04. The molecule has 2 rings (SSSR count). The van der Waals surface area contributed by atoms with Crippen LogP contribution in [0.15, 0.2) is 18.2 Å². The van der Waals surface area contributed by atoms with E-state index < -0.39 is 5.54 Å². The summed E-state index contributed by atoms with van der Waals surface area (Å²) in [4.78, 5) is 12.3. The fourth-order valence-corrected chi connectivity index (χ4v) is 2.66. The Bertz CT molecular complexity index is 481. The lowest BCUT2D eigenvalue weighted by atomic mass is 9.98. The topological polar surface area (TPSA) is 67.8 Å². The minimum absolute atomic E-state index is 0.0218. The Morgan fingerprint density at radius 1 is 1.25 bits per heavy atom. The van der Waals surface area contributed by atoms with Crippen molar-refractivity contribution < 1.29 is 19.4 Å². The summed E-state index contributed by atoms with van der Waals surface area (Å²) in [5, 5.41) is 12.5. The average Bonchev–Trinajstić information content (AvgIpc) is 2.95. The van der Waals surface area contributed by atoms with Crippen LogP contribution in [-0.2, 0) is 0 Å². The maximum atomic E-state index is 12.3. The van der Waals surface area contributed by atoms with Crippen molar-refractivity contribution in [2.75, 3.05) is 20.8 Å². The molecule has 0 atom stereocenters. The molecule has 0 radical (unpaired) electrons. The van der Waals surface area contributed by atoms with Crippen LogP contribution in [0.25, 0.3) is 0 Å². The molecule has 0 bridgehead atoms. The zero-order valence-corrected chi connectivity index (χ0v) is 11.9. The monoisotopic (exact) mass is 279 g/mol. The van der Waals surface area contributed by atoms with Crippen LogP contribution < -0.4 is 14.8 Å². The number of methoxy groups -OCH3 is 2. The first-order chi connectivity index (χ1) is 9.64. The molecule has 0 aromatic heterocycles. The molecule has 5 nitrogen and oxygen atoms in total. The molecule has 0 spiro atoms. The second kappa shape index (κ2) is 6.13. The van der Waals surface area contributed by atoms with Gasteiger partial charge in [0.2, 0.25) is 0 Å². The molecule has 0 aliphatic heterocycles. The number of nitrogens with one attached hydrogen (secondary N) is 1. The van der Waals surface area contributed by atoms with Gasteiger partial charge in [0.1, 0.15) is 0 Å². The smallest absolute Gasteiger partial charge is 0.251 e. The molecule has 1 fully saturated rings. The zero-order valence-electron chi connectivity index (χ0n) is 11.9. The van der Waals surface area contributed by atoms with Crippen LogP contribution >= 0.6 is 0 Å². The van der Waals surface area contributed by atoms with Gasteiger partial charge in [0.25, 0.3) is 5.91 Å². The summed E-state index contributed by atoms with van der Waals surface area (Å²) < 4.78 is 10.3. The van der Waals surface area contributed by atoms with Gasteiger partial charge in [0, 0.05) is 5.56 Å². The van der Waals surface area contributed by atoms with Gasteiger partial charge in [-0.3, -0.25) is 4.79 Å². The van der Waals surface area contributed by atoms with Crippen LogP contribution in [0.1, 0.15) is 36.0 Å². The number of aliphatic hydroxyl groups is 1. The lowest BCUT2D eigenvalue weighted by Crippen LogP contribution is -2.49. The first-order valence-corrected chi connectivity index (χ1v) is 6.79. The summed E-state index contributed by atoms with van der Waals surface area (Å²) >= 11 is 0. The average molecular weight is 279 g/mol. The molecule has 1 saturated carbocycles. The van der Waals surface area contributed by atoms with Gasteiger partial charge in [-0.2, -0.15) is 0 Å². The van der Waals surface area contributed by atoms with Crippen molar-refractivity contribution in [1.82, 2.24) is 5.32 Å². The van der Waals surface area contributed by atoms with Gasteiger partial charge in [-0.05, 0) is 31.0 Å². The molecule has 1 aliphatic rings. The second-order valence-corrected chi connectivity index (χ2v) is 5.17. The minimum atomic E-state index is -0.468. The molecule has 1 amide bonds. The predicted octanol–water partition coefficient (Wildman–Crippen LogP) is 1.74. The highest BCUT2D eigenvalue weighted by Crippen LogP contribution is 2.31. The Morgan fingerprint density at radius 3 is 2.45 bits per heavy atom. The number of hydrogen-bond donors (Lipinski definition) is 2. The maximum Gasteiger partial charge on any atom is 0.251 e. The third-order valence-electron chi connectivity index (χ3n) is 3.89. The minimum Gasteiger partial charge on any atom is -0.493 e. The predicted molar refractivity (Wildman–Crippen MR) is 75.3 cm³/mol. The highest BCUT2D eigenvalue weighted by atomic mass is 16.5. The number of aliphatic hydroxyl groups excluding tert-OH is 1. The van der Waals surface area contributed by atoms with E-state index in [1.807, 2.05) is 0 Å². The number of carbonyl (C=O) groups excluding carboxylic acids is 1. The highest BCUT2D eigenvalue weighted by Gasteiger charge is 2.34. The van der Waals surface area contributed by atoms with Gasteiger partial charge < -0.3 is 19.9 Å². The molecular weight excluding hydrogens is 258 g/mol. The van der Waals surface area contributed by atoms with Crippen molar-refractivity contribution in [3.05, 3.63) is 23.8 Å². The molecule has 0 heterocycles. The molecular formula is C15H21NO4. The fraction of sp³-hybridized carbons (Fsp3) is 0.533. The van der Waals surface area contributed by atoms with Crippen molar-refractivity contribution in [3.8, 4) is 11.5 Å². The van der Waals surface area contributed by atoms with Gasteiger partial charge >= 0.3 is 0 Å². The van der Waals surface area contributed by atoms with E-state index in [1.165, 1.54) is 7.11 Å². The summed E-state index contributed by atoms with van der Waals surface area (Å²) in [6.45, 7) is -0.0218. The lowest BCUT2D eigenvalue weighted by Gasteiger charge is -2.28. The van der Waals surface area contributed by atoms with Crippen molar-refractivity contribution in [1.29, 1.82) is 0 Å². The van der Waals surface area contributed by atoms with Gasteiger partial charge in [0.05, 0.1) is 26.4 Å². The van der Waals surface area contributed by atoms with E-state index >= 15 is 0 Å². The maximum absolute atomic E-state index is 12.3. The number of benzene rings is 1. The van der Waals surface area contributed by atoms with E-state index in [4.69, 9.17) is 9.47 Å². The van der Waals surface area contributed by atoms with Gasteiger partial charge in [-0.25, -0.2) is 0 Å². The molecule has 1 aromatic rings. The van der Waals surface area contributed by atoms with Crippen molar-refractivity contribution >= 4 is 5.91 Å². The number of rotatable bonds is 5. The van der Waals surface area contributed by atoms with Crippen LogP contribution in [0.5, 0.6) is 11.5 Å². The fourth-order valence-electron chi connectivity index (χ4n) is 2.66.